The van der Waals surface area contributed by atoms with Crippen LogP contribution in [0.3, 0.4) is 0 Å². The van der Waals surface area contributed by atoms with Gasteiger partial charge in [0.05, 0.1) is 0 Å². The predicted octanol–water partition coefficient (Wildman–Crippen LogP) is 5.02. The van der Waals surface area contributed by atoms with E-state index >= 15 is 0 Å². The molecule has 1 nitrogen and oxygen atoms in total. The molecule has 0 aromatic heterocycles. The molecule has 17 heavy (non-hydrogen) atoms. The molecule has 0 aliphatic heterocycles. The zero-order valence-corrected chi connectivity index (χ0v) is 11.8. The van der Waals surface area contributed by atoms with Crippen molar-refractivity contribution < 1.29 is 0 Å². The average molecular weight is 311 g/mol. The highest BCUT2D eigenvalue weighted by Gasteiger charge is 2.02. The maximum Gasteiger partial charge on any atom is 0.0456 e. The highest BCUT2D eigenvalue weighted by Crippen LogP contribution is 2.22. The van der Waals surface area contributed by atoms with Gasteiger partial charge in [0, 0.05) is 21.7 Å². The van der Waals surface area contributed by atoms with Crippen LogP contribution in [0.25, 0.3) is 0 Å². The molecule has 0 radical (unpaired) electrons. The Kier molecular flexibility index (Phi) is 4.08. The number of halogens is 2. The normalized spacial score (nSPS) is 10.3. The lowest BCUT2D eigenvalue weighted by molar-refractivity contribution is 1.14. The summed E-state index contributed by atoms with van der Waals surface area (Å²) in [6.07, 6.45) is 0. The summed E-state index contributed by atoms with van der Waals surface area (Å²) in [5.41, 5.74) is 3.46. The minimum absolute atomic E-state index is 0.725. The summed E-state index contributed by atoms with van der Waals surface area (Å²) in [5.74, 6) is 0. The maximum atomic E-state index is 6.14. The second kappa shape index (κ2) is 5.56. The van der Waals surface area contributed by atoms with Crippen LogP contribution in [0.15, 0.2) is 46.9 Å². The number of hydrogen-bond acceptors (Lipinski definition) is 1. The molecule has 88 valence electrons. The lowest BCUT2D eigenvalue weighted by Gasteiger charge is -2.10. The van der Waals surface area contributed by atoms with Crippen LogP contribution >= 0.6 is 27.5 Å². The van der Waals surface area contributed by atoms with Gasteiger partial charge < -0.3 is 5.32 Å². The van der Waals surface area contributed by atoms with E-state index in [-0.39, 0.29) is 0 Å². The Morgan fingerprint density at radius 1 is 1.18 bits per heavy atom. The summed E-state index contributed by atoms with van der Waals surface area (Å²) in [6.45, 7) is 2.81. The zero-order valence-electron chi connectivity index (χ0n) is 9.50. The van der Waals surface area contributed by atoms with Crippen molar-refractivity contribution in [1.82, 2.24) is 0 Å². The second-order valence-electron chi connectivity index (χ2n) is 3.90. The Labute approximate surface area is 115 Å². The van der Waals surface area contributed by atoms with E-state index in [0.29, 0.717) is 0 Å². The van der Waals surface area contributed by atoms with Gasteiger partial charge in [0.1, 0.15) is 0 Å². The number of para-hydroxylation sites is 1. The highest BCUT2D eigenvalue weighted by atomic mass is 79.9. The van der Waals surface area contributed by atoms with Crippen LogP contribution in [0.4, 0.5) is 5.69 Å². The third-order valence-electron chi connectivity index (χ3n) is 2.62. The van der Waals surface area contributed by atoms with E-state index < -0.39 is 0 Å². The van der Waals surface area contributed by atoms with Crippen LogP contribution in [-0.2, 0) is 6.54 Å². The Bertz CT molecular complexity index is 525. The fourth-order valence-corrected chi connectivity index (χ4v) is 2.23. The molecule has 0 aliphatic carbocycles. The van der Waals surface area contributed by atoms with E-state index in [9.17, 15) is 0 Å². The molecule has 0 heterocycles. The molecule has 0 saturated carbocycles. The van der Waals surface area contributed by atoms with Crippen molar-refractivity contribution in [2.24, 2.45) is 0 Å². The van der Waals surface area contributed by atoms with E-state index in [1.165, 1.54) is 5.56 Å². The first-order chi connectivity index (χ1) is 8.16. The molecule has 1 N–H and O–H groups in total. The monoisotopic (exact) mass is 309 g/mol. The standard InChI is InChI=1S/C14H13BrClN/c1-10-4-2-3-5-14(10)17-9-11-8-12(15)6-7-13(11)16/h2-8,17H,9H2,1H3. The number of benzene rings is 2. The molecule has 0 amide bonds. The van der Waals surface area contributed by atoms with Gasteiger partial charge in [0.25, 0.3) is 0 Å². The van der Waals surface area contributed by atoms with E-state index in [1.807, 2.05) is 30.3 Å². The lowest BCUT2D eigenvalue weighted by Crippen LogP contribution is -2.01. The van der Waals surface area contributed by atoms with Crippen LogP contribution in [-0.4, -0.2) is 0 Å². The van der Waals surface area contributed by atoms with Gasteiger partial charge in [-0.15, -0.1) is 0 Å². The maximum absolute atomic E-state index is 6.14. The molecule has 3 heteroatoms. The summed E-state index contributed by atoms with van der Waals surface area (Å²) in [7, 11) is 0. The molecule has 0 bridgehead atoms. The molecule has 0 unspecified atom stereocenters. The van der Waals surface area contributed by atoms with Crippen molar-refractivity contribution in [2.45, 2.75) is 13.5 Å². The molecule has 2 aromatic carbocycles. The van der Waals surface area contributed by atoms with Crippen molar-refractivity contribution in [3.05, 3.63) is 63.1 Å². The van der Waals surface area contributed by atoms with Crippen molar-refractivity contribution in [3.8, 4) is 0 Å². The van der Waals surface area contributed by atoms with Gasteiger partial charge in [-0.3, -0.25) is 0 Å². The van der Waals surface area contributed by atoms with Crippen LogP contribution in [0.1, 0.15) is 11.1 Å². The fourth-order valence-electron chi connectivity index (χ4n) is 1.64. The summed E-state index contributed by atoms with van der Waals surface area (Å²) in [5, 5.41) is 4.18. The number of aryl methyl sites for hydroxylation is 1. The topological polar surface area (TPSA) is 12.0 Å². The molecule has 0 aliphatic rings. The first-order valence-corrected chi connectivity index (χ1v) is 6.57. The molecule has 2 aromatic rings. The summed E-state index contributed by atoms with van der Waals surface area (Å²) in [4.78, 5) is 0. The summed E-state index contributed by atoms with van der Waals surface area (Å²) >= 11 is 9.59. The van der Waals surface area contributed by atoms with Crippen molar-refractivity contribution in [2.75, 3.05) is 5.32 Å². The largest absolute Gasteiger partial charge is 0.381 e. The van der Waals surface area contributed by atoms with Crippen LogP contribution in [0.2, 0.25) is 5.02 Å². The summed E-state index contributed by atoms with van der Waals surface area (Å²) in [6, 6.07) is 14.1. The van der Waals surface area contributed by atoms with Gasteiger partial charge in [-0.2, -0.15) is 0 Å². The number of rotatable bonds is 3. The van der Waals surface area contributed by atoms with Gasteiger partial charge >= 0.3 is 0 Å². The molecule has 0 saturated heterocycles. The SMILES string of the molecule is Cc1ccccc1NCc1cc(Br)ccc1Cl. The third-order valence-corrected chi connectivity index (χ3v) is 3.48. The first kappa shape index (κ1) is 12.5. The molecule has 0 fully saturated rings. The smallest absolute Gasteiger partial charge is 0.0456 e. The molecule has 0 atom stereocenters. The average Bonchev–Trinajstić information content (AvgIpc) is 2.32. The van der Waals surface area contributed by atoms with Gasteiger partial charge in [0.2, 0.25) is 0 Å². The number of hydrogen-bond donors (Lipinski definition) is 1. The third kappa shape index (κ3) is 3.24. The van der Waals surface area contributed by atoms with E-state index in [4.69, 9.17) is 11.6 Å². The van der Waals surface area contributed by atoms with Crippen molar-refractivity contribution in [3.63, 3.8) is 0 Å². The van der Waals surface area contributed by atoms with Crippen molar-refractivity contribution in [1.29, 1.82) is 0 Å². The molecular formula is C14H13BrClN. The highest BCUT2D eigenvalue weighted by molar-refractivity contribution is 9.10. The minimum Gasteiger partial charge on any atom is -0.381 e. The summed E-state index contributed by atoms with van der Waals surface area (Å²) < 4.78 is 1.04. The number of nitrogens with one attached hydrogen (secondary N) is 1. The van der Waals surface area contributed by atoms with E-state index in [2.05, 4.69) is 40.3 Å². The van der Waals surface area contributed by atoms with Gasteiger partial charge in [-0.1, -0.05) is 45.7 Å². The Hall–Kier alpha value is -0.990. The van der Waals surface area contributed by atoms with Gasteiger partial charge in [0.15, 0.2) is 0 Å². The van der Waals surface area contributed by atoms with Crippen molar-refractivity contribution >= 4 is 33.2 Å². The minimum atomic E-state index is 0.725. The predicted molar refractivity (Wildman–Crippen MR) is 77.7 cm³/mol. The molecule has 2 rings (SSSR count). The van der Waals surface area contributed by atoms with E-state index in [0.717, 1.165) is 27.3 Å². The zero-order chi connectivity index (χ0) is 12.3. The second-order valence-corrected chi connectivity index (χ2v) is 5.23. The fraction of sp³-hybridized carbons (Fsp3) is 0.143. The van der Waals surface area contributed by atoms with Gasteiger partial charge in [-0.05, 0) is 42.3 Å². The Balaban J connectivity index is 2.12. The Morgan fingerprint density at radius 2 is 1.94 bits per heavy atom. The number of anilines is 1. The van der Waals surface area contributed by atoms with E-state index in [1.54, 1.807) is 0 Å². The van der Waals surface area contributed by atoms with Crippen LogP contribution in [0, 0.1) is 6.92 Å². The van der Waals surface area contributed by atoms with Crippen LogP contribution < -0.4 is 5.32 Å². The van der Waals surface area contributed by atoms with Gasteiger partial charge in [-0.25, -0.2) is 0 Å². The van der Waals surface area contributed by atoms with Crippen LogP contribution in [0.5, 0.6) is 0 Å². The molecule has 0 spiro atoms. The Morgan fingerprint density at radius 3 is 2.71 bits per heavy atom. The quantitative estimate of drug-likeness (QED) is 0.839. The lowest BCUT2D eigenvalue weighted by atomic mass is 10.2. The molecular weight excluding hydrogens is 298 g/mol. The first-order valence-electron chi connectivity index (χ1n) is 5.40.